The molecule has 2 rings (SSSR count). The zero-order chi connectivity index (χ0) is 14.2. The van der Waals surface area contributed by atoms with Gasteiger partial charge in [-0.2, -0.15) is 10.5 Å². The molecular formula is C16H10N3O. The van der Waals surface area contributed by atoms with Crippen LogP contribution in [-0.4, -0.2) is 6.21 Å². The Morgan fingerprint density at radius 1 is 0.950 bits per heavy atom. The van der Waals surface area contributed by atoms with Crippen molar-refractivity contribution in [1.82, 2.24) is 0 Å². The molecule has 0 amide bonds. The van der Waals surface area contributed by atoms with E-state index in [0.717, 1.165) is 5.56 Å². The summed E-state index contributed by atoms with van der Waals surface area (Å²) >= 11 is 0. The van der Waals surface area contributed by atoms with Gasteiger partial charge in [-0.3, -0.25) is 0 Å². The summed E-state index contributed by atoms with van der Waals surface area (Å²) in [5, 5.41) is 21.4. The molecule has 0 bridgehead atoms. The van der Waals surface area contributed by atoms with Gasteiger partial charge in [0, 0.05) is 5.56 Å². The third kappa shape index (κ3) is 3.44. The van der Waals surface area contributed by atoms with Crippen LogP contribution in [0.5, 0.6) is 0 Å². The molecule has 0 N–H and O–H groups in total. The van der Waals surface area contributed by atoms with Crippen molar-refractivity contribution in [2.24, 2.45) is 5.16 Å². The Labute approximate surface area is 117 Å². The maximum absolute atomic E-state index is 8.91. The Bertz CT molecular complexity index is 708. The minimum Gasteiger partial charge on any atom is -0.390 e. The molecule has 1 radical (unpaired) electrons. The Kier molecular flexibility index (Phi) is 4.48. The van der Waals surface area contributed by atoms with E-state index in [1.54, 1.807) is 42.5 Å². The molecule has 0 fully saturated rings. The lowest BCUT2D eigenvalue weighted by atomic mass is 10.1. The summed E-state index contributed by atoms with van der Waals surface area (Å²) in [5.74, 6) is 0. The molecule has 0 heterocycles. The van der Waals surface area contributed by atoms with Gasteiger partial charge < -0.3 is 4.84 Å². The summed E-state index contributed by atoms with van der Waals surface area (Å²) in [4.78, 5) is 5.12. The predicted molar refractivity (Wildman–Crippen MR) is 73.6 cm³/mol. The summed E-state index contributed by atoms with van der Waals surface area (Å²) in [6.45, 7) is 0.247. The monoisotopic (exact) mass is 260 g/mol. The first-order valence-corrected chi connectivity index (χ1v) is 5.89. The van der Waals surface area contributed by atoms with E-state index < -0.39 is 0 Å². The molecule has 0 unspecified atom stereocenters. The van der Waals surface area contributed by atoms with Gasteiger partial charge in [0.2, 0.25) is 0 Å². The third-order valence-corrected chi connectivity index (χ3v) is 2.57. The van der Waals surface area contributed by atoms with Crippen LogP contribution in [0.3, 0.4) is 0 Å². The normalized spacial score (nSPS) is 9.90. The highest BCUT2D eigenvalue weighted by atomic mass is 16.6. The van der Waals surface area contributed by atoms with Gasteiger partial charge in [-0.15, -0.1) is 0 Å². The molecular weight excluding hydrogens is 250 g/mol. The minimum atomic E-state index is 0.247. The maximum atomic E-state index is 8.91. The SMILES string of the molecule is N#Cc1cccc(CO/N=[C]\c2ccccc2C#N)c1. The standard InChI is InChI=1S/C16H10N3O/c17-9-13-4-3-5-14(8-13)12-20-19-11-16-7-2-1-6-15(16)10-18/h1-8H,12H2. The molecule has 4 nitrogen and oxygen atoms in total. The highest BCUT2D eigenvalue weighted by Crippen LogP contribution is 2.07. The lowest BCUT2D eigenvalue weighted by Gasteiger charge is -2.00. The van der Waals surface area contributed by atoms with Gasteiger partial charge in [0.25, 0.3) is 0 Å². The van der Waals surface area contributed by atoms with Gasteiger partial charge in [0.15, 0.2) is 0 Å². The lowest BCUT2D eigenvalue weighted by Crippen LogP contribution is -1.91. The molecule has 20 heavy (non-hydrogen) atoms. The fourth-order valence-corrected chi connectivity index (χ4v) is 1.60. The Hall–Kier alpha value is -3.11. The van der Waals surface area contributed by atoms with Gasteiger partial charge >= 0.3 is 0 Å². The highest BCUT2D eigenvalue weighted by molar-refractivity contribution is 5.82. The van der Waals surface area contributed by atoms with Crippen molar-refractivity contribution in [3.63, 3.8) is 0 Å². The zero-order valence-corrected chi connectivity index (χ0v) is 10.6. The number of benzene rings is 2. The molecule has 4 heteroatoms. The second kappa shape index (κ2) is 6.72. The van der Waals surface area contributed by atoms with E-state index in [1.807, 2.05) is 6.07 Å². The Morgan fingerprint density at radius 3 is 2.50 bits per heavy atom. The fraction of sp³-hybridized carbons (Fsp3) is 0.0625. The number of hydrogen-bond acceptors (Lipinski definition) is 4. The quantitative estimate of drug-likeness (QED) is 0.627. The average Bonchev–Trinajstić information content (AvgIpc) is 2.52. The van der Waals surface area contributed by atoms with Gasteiger partial charge in [-0.25, -0.2) is 0 Å². The molecule has 0 aromatic heterocycles. The topological polar surface area (TPSA) is 69.2 Å². The predicted octanol–water partition coefficient (Wildman–Crippen LogP) is 2.86. The summed E-state index contributed by atoms with van der Waals surface area (Å²) < 4.78 is 0. The first kappa shape index (κ1) is 13.3. The summed E-state index contributed by atoms with van der Waals surface area (Å²) in [6.07, 6.45) is 2.68. The molecule has 0 aliphatic heterocycles. The molecule has 95 valence electrons. The number of rotatable bonds is 4. The second-order valence-corrected chi connectivity index (χ2v) is 3.95. The molecule has 0 saturated carbocycles. The molecule has 0 aliphatic rings. The molecule has 0 spiro atoms. The van der Waals surface area contributed by atoms with Crippen molar-refractivity contribution in [3.8, 4) is 12.1 Å². The van der Waals surface area contributed by atoms with E-state index in [4.69, 9.17) is 15.4 Å². The van der Waals surface area contributed by atoms with Crippen LogP contribution < -0.4 is 0 Å². The van der Waals surface area contributed by atoms with Crippen LogP contribution >= 0.6 is 0 Å². The Morgan fingerprint density at radius 2 is 1.75 bits per heavy atom. The third-order valence-electron chi connectivity index (χ3n) is 2.57. The van der Waals surface area contributed by atoms with Crippen LogP contribution in [-0.2, 0) is 11.4 Å². The van der Waals surface area contributed by atoms with E-state index in [-0.39, 0.29) is 6.61 Å². The van der Waals surface area contributed by atoms with Gasteiger partial charge in [0.05, 0.1) is 23.3 Å². The van der Waals surface area contributed by atoms with Crippen molar-refractivity contribution < 1.29 is 4.84 Å². The van der Waals surface area contributed by atoms with Gasteiger partial charge in [-0.1, -0.05) is 35.5 Å². The van der Waals surface area contributed by atoms with Crippen molar-refractivity contribution >= 4 is 6.21 Å². The van der Waals surface area contributed by atoms with E-state index in [2.05, 4.69) is 23.5 Å². The van der Waals surface area contributed by atoms with Crippen LogP contribution in [0.25, 0.3) is 0 Å². The van der Waals surface area contributed by atoms with E-state index in [0.29, 0.717) is 16.7 Å². The highest BCUT2D eigenvalue weighted by Gasteiger charge is 1.98. The van der Waals surface area contributed by atoms with Gasteiger partial charge in [-0.05, 0) is 23.8 Å². The average molecular weight is 260 g/mol. The smallest absolute Gasteiger partial charge is 0.142 e. The van der Waals surface area contributed by atoms with Crippen molar-refractivity contribution in [2.75, 3.05) is 0 Å². The van der Waals surface area contributed by atoms with Crippen molar-refractivity contribution in [3.05, 3.63) is 70.8 Å². The van der Waals surface area contributed by atoms with Crippen LogP contribution in [0, 0.1) is 22.7 Å². The number of nitrogens with zero attached hydrogens (tertiary/aromatic N) is 3. The molecule has 0 saturated heterocycles. The second-order valence-electron chi connectivity index (χ2n) is 3.95. The first-order chi connectivity index (χ1) is 9.83. The molecule has 2 aromatic rings. The summed E-state index contributed by atoms with van der Waals surface area (Å²) in [7, 11) is 0. The lowest BCUT2D eigenvalue weighted by molar-refractivity contribution is 0.132. The van der Waals surface area contributed by atoms with Crippen molar-refractivity contribution in [2.45, 2.75) is 6.61 Å². The van der Waals surface area contributed by atoms with Crippen LogP contribution in [0.2, 0.25) is 0 Å². The zero-order valence-electron chi connectivity index (χ0n) is 10.6. The fourth-order valence-electron chi connectivity index (χ4n) is 1.60. The van der Waals surface area contributed by atoms with Crippen LogP contribution in [0.1, 0.15) is 22.3 Å². The summed E-state index contributed by atoms with van der Waals surface area (Å²) in [6, 6.07) is 18.2. The maximum Gasteiger partial charge on any atom is 0.142 e. The van der Waals surface area contributed by atoms with Gasteiger partial charge in [0.1, 0.15) is 12.8 Å². The van der Waals surface area contributed by atoms with Crippen LogP contribution in [0.15, 0.2) is 53.7 Å². The largest absolute Gasteiger partial charge is 0.390 e. The molecule has 2 aromatic carbocycles. The van der Waals surface area contributed by atoms with E-state index >= 15 is 0 Å². The minimum absolute atomic E-state index is 0.247. The molecule has 0 atom stereocenters. The number of hydrogen-bond donors (Lipinski definition) is 0. The number of nitriles is 2. The summed E-state index contributed by atoms with van der Waals surface area (Å²) in [5.41, 5.74) is 2.50. The van der Waals surface area contributed by atoms with E-state index in [1.165, 1.54) is 0 Å². The molecule has 0 aliphatic carbocycles. The Balaban J connectivity index is 1.97. The first-order valence-electron chi connectivity index (χ1n) is 5.89. The van der Waals surface area contributed by atoms with Crippen molar-refractivity contribution in [1.29, 1.82) is 10.5 Å². The van der Waals surface area contributed by atoms with E-state index in [9.17, 15) is 0 Å². The van der Waals surface area contributed by atoms with Crippen LogP contribution in [0.4, 0.5) is 0 Å².